The Balaban J connectivity index is 3.99. The number of allylic oxidation sites excluding steroid dienone is 8. The first-order chi connectivity index (χ1) is 37.1. The molecule has 76 heavy (non-hydrogen) atoms. The number of ether oxygens (including phenoxy) is 4. The van der Waals surface area contributed by atoms with Crippen LogP contribution in [0.3, 0.4) is 0 Å². The van der Waals surface area contributed by atoms with E-state index >= 15 is 0 Å². The fourth-order valence-electron chi connectivity index (χ4n) is 9.31. The Morgan fingerprint density at radius 3 is 1.07 bits per heavy atom. The Bertz CT molecular complexity index is 1380. The molecule has 0 aliphatic heterocycles. The van der Waals surface area contributed by atoms with Crippen LogP contribution < -0.4 is 5.11 Å². The van der Waals surface area contributed by atoms with Crippen molar-refractivity contribution in [1.29, 1.82) is 0 Å². The lowest BCUT2D eigenvalue weighted by molar-refractivity contribution is -0.870. The second-order valence-corrected chi connectivity index (χ2v) is 23.0. The van der Waals surface area contributed by atoms with E-state index in [0.717, 1.165) is 64.2 Å². The molecule has 0 spiro atoms. The van der Waals surface area contributed by atoms with Gasteiger partial charge in [-0.1, -0.05) is 262 Å². The summed E-state index contributed by atoms with van der Waals surface area (Å²) in [4.78, 5) is 37.3. The lowest BCUT2D eigenvalue weighted by atomic mass is 10.0. The standard InChI is InChI=1S/C67H123NO8/c1-6-8-10-12-14-16-18-20-22-23-24-25-26-27-28-29-30-31-32-33-34-35-36-37-38-39-40-41-42-43-44-46-48-50-52-54-56-58-65(70)76-63(62-75-67(66(71)72)73-60-59-68(3,4)5)61-74-64(69)57-55-53-51-49-47-45-21-19-17-15-13-11-9-7-2/h18-21,23-24,26-27,63,67H,6-17,22,25,28-62H2,1-5H3/b20-18-,21-19-,24-23-,27-26-. The molecule has 0 radical (unpaired) electrons. The SMILES string of the molecule is CCCCCCC/C=C\C/C=C\C/C=C\CCCCCCCCCCCCCCCCCCCCCCCCC(=O)OC(COC(=O)CCCCCCC/C=C\CCCCCCC)COC(OCC[N+](C)(C)C)C(=O)[O-]. The molecule has 9 nitrogen and oxygen atoms in total. The fourth-order valence-corrected chi connectivity index (χ4v) is 9.31. The van der Waals surface area contributed by atoms with Gasteiger partial charge in [-0.05, 0) is 77.0 Å². The minimum absolute atomic E-state index is 0.148. The summed E-state index contributed by atoms with van der Waals surface area (Å²) in [7, 11) is 5.93. The maximum atomic E-state index is 12.9. The van der Waals surface area contributed by atoms with E-state index in [-0.39, 0.29) is 38.6 Å². The molecule has 0 bridgehead atoms. The van der Waals surface area contributed by atoms with Gasteiger partial charge < -0.3 is 33.3 Å². The molecule has 0 rings (SSSR count). The Hall–Kier alpha value is -2.75. The summed E-state index contributed by atoms with van der Waals surface area (Å²) in [6.07, 6.45) is 70.5. The highest BCUT2D eigenvalue weighted by molar-refractivity contribution is 5.70. The number of carboxylic acid groups (broad SMARTS) is 1. The van der Waals surface area contributed by atoms with Crippen molar-refractivity contribution in [1.82, 2.24) is 0 Å². The van der Waals surface area contributed by atoms with Gasteiger partial charge in [-0.2, -0.15) is 0 Å². The first kappa shape index (κ1) is 73.2. The number of quaternary nitrogens is 1. The van der Waals surface area contributed by atoms with Gasteiger partial charge in [-0.15, -0.1) is 0 Å². The van der Waals surface area contributed by atoms with Gasteiger partial charge in [0.25, 0.3) is 0 Å². The third kappa shape index (κ3) is 58.9. The smallest absolute Gasteiger partial charge is 0.306 e. The lowest BCUT2D eigenvalue weighted by Crippen LogP contribution is -2.44. The summed E-state index contributed by atoms with van der Waals surface area (Å²) in [6.45, 7) is 4.75. The number of nitrogens with zero attached hydrogens (tertiary/aromatic N) is 1. The van der Waals surface area contributed by atoms with Crippen LogP contribution in [0, 0.1) is 0 Å². The summed E-state index contributed by atoms with van der Waals surface area (Å²) in [5.74, 6) is -2.28. The summed E-state index contributed by atoms with van der Waals surface area (Å²) in [5, 5.41) is 11.8. The zero-order chi connectivity index (χ0) is 55.5. The van der Waals surface area contributed by atoms with E-state index in [1.165, 1.54) is 205 Å². The molecule has 0 aliphatic rings. The molecule has 0 aromatic rings. The number of carbonyl (C=O) groups excluding carboxylic acids is 3. The zero-order valence-corrected chi connectivity index (χ0v) is 50.6. The van der Waals surface area contributed by atoms with Gasteiger partial charge >= 0.3 is 11.9 Å². The van der Waals surface area contributed by atoms with E-state index in [1.807, 2.05) is 21.1 Å². The van der Waals surface area contributed by atoms with Crippen molar-refractivity contribution in [2.45, 2.75) is 315 Å². The highest BCUT2D eigenvalue weighted by Crippen LogP contribution is 2.17. The minimum Gasteiger partial charge on any atom is -0.545 e. The average Bonchev–Trinajstić information content (AvgIpc) is 3.39. The third-order valence-electron chi connectivity index (χ3n) is 14.3. The number of hydrogen-bond donors (Lipinski definition) is 0. The van der Waals surface area contributed by atoms with Gasteiger partial charge in [0.2, 0.25) is 0 Å². The van der Waals surface area contributed by atoms with Gasteiger partial charge in [0.05, 0.1) is 40.3 Å². The largest absolute Gasteiger partial charge is 0.545 e. The van der Waals surface area contributed by atoms with Crippen LogP contribution in [0.15, 0.2) is 48.6 Å². The van der Waals surface area contributed by atoms with Crippen LogP contribution >= 0.6 is 0 Å². The van der Waals surface area contributed by atoms with Crippen molar-refractivity contribution in [2.75, 3.05) is 47.5 Å². The second-order valence-electron chi connectivity index (χ2n) is 23.0. The molecule has 0 aromatic carbocycles. The van der Waals surface area contributed by atoms with Crippen LogP contribution in [-0.2, 0) is 33.3 Å². The Kier molecular flexibility index (Phi) is 56.3. The summed E-state index contributed by atoms with van der Waals surface area (Å²) >= 11 is 0. The molecule has 0 N–H and O–H groups in total. The van der Waals surface area contributed by atoms with Crippen molar-refractivity contribution < 1.29 is 42.9 Å². The normalized spacial score (nSPS) is 13.0. The van der Waals surface area contributed by atoms with Gasteiger partial charge in [-0.25, -0.2) is 0 Å². The highest BCUT2D eigenvalue weighted by Gasteiger charge is 2.22. The Morgan fingerprint density at radius 1 is 0.395 bits per heavy atom. The quantitative estimate of drug-likeness (QED) is 0.0195. The number of esters is 2. The van der Waals surface area contributed by atoms with Crippen LogP contribution in [0.25, 0.3) is 0 Å². The van der Waals surface area contributed by atoms with E-state index in [2.05, 4.69) is 62.5 Å². The molecular formula is C67H123NO8. The zero-order valence-electron chi connectivity index (χ0n) is 50.6. The summed E-state index contributed by atoms with van der Waals surface area (Å²) in [5.41, 5.74) is 0. The van der Waals surface area contributed by atoms with Crippen LogP contribution in [0.2, 0.25) is 0 Å². The van der Waals surface area contributed by atoms with Gasteiger partial charge in [0, 0.05) is 12.8 Å². The van der Waals surface area contributed by atoms with Gasteiger partial charge in [0.1, 0.15) is 13.2 Å². The van der Waals surface area contributed by atoms with Crippen molar-refractivity contribution >= 4 is 17.9 Å². The average molecular weight is 1070 g/mol. The Labute approximate surface area is 470 Å². The summed E-state index contributed by atoms with van der Waals surface area (Å²) in [6, 6.07) is 0. The number of rotatable bonds is 60. The first-order valence-corrected chi connectivity index (χ1v) is 32.3. The lowest BCUT2D eigenvalue weighted by Gasteiger charge is -2.26. The molecule has 9 heteroatoms. The third-order valence-corrected chi connectivity index (χ3v) is 14.3. The van der Waals surface area contributed by atoms with Crippen molar-refractivity contribution in [3.05, 3.63) is 48.6 Å². The molecule has 0 fully saturated rings. The predicted molar refractivity (Wildman–Crippen MR) is 320 cm³/mol. The van der Waals surface area contributed by atoms with Crippen molar-refractivity contribution in [3.63, 3.8) is 0 Å². The number of hydrogen-bond acceptors (Lipinski definition) is 8. The van der Waals surface area contributed by atoms with E-state index in [0.29, 0.717) is 17.4 Å². The number of carboxylic acids is 1. The van der Waals surface area contributed by atoms with E-state index in [1.54, 1.807) is 0 Å². The van der Waals surface area contributed by atoms with E-state index < -0.39 is 24.3 Å². The van der Waals surface area contributed by atoms with Crippen LogP contribution in [0.4, 0.5) is 0 Å². The van der Waals surface area contributed by atoms with Crippen molar-refractivity contribution in [3.8, 4) is 0 Å². The molecule has 2 atom stereocenters. The van der Waals surface area contributed by atoms with E-state index in [9.17, 15) is 19.5 Å². The highest BCUT2D eigenvalue weighted by atomic mass is 16.7. The molecule has 0 saturated heterocycles. The van der Waals surface area contributed by atoms with E-state index in [4.69, 9.17) is 18.9 Å². The van der Waals surface area contributed by atoms with Crippen molar-refractivity contribution in [2.24, 2.45) is 0 Å². The first-order valence-electron chi connectivity index (χ1n) is 32.3. The minimum atomic E-state index is -1.62. The monoisotopic (exact) mass is 1070 g/mol. The number of carbonyl (C=O) groups is 3. The molecular weight excluding hydrogens is 947 g/mol. The maximum Gasteiger partial charge on any atom is 0.306 e. The molecule has 0 heterocycles. The van der Waals surface area contributed by atoms with Gasteiger partial charge in [-0.3, -0.25) is 9.59 Å². The predicted octanol–water partition coefficient (Wildman–Crippen LogP) is 18.1. The molecule has 0 aromatic heterocycles. The maximum absolute atomic E-state index is 12.9. The topological polar surface area (TPSA) is 111 Å². The van der Waals surface area contributed by atoms with Gasteiger partial charge in [0.15, 0.2) is 12.4 Å². The van der Waals surface area contributed by atoms with Crippen LogP contribution in [0.5, 0.6) is 0 Å². The molecule has 0 saturated carbocycles. The van der Waals surface area contributed by atoms with Crippen LogP contribution in [0.1, 0.15) is 303 Å². The molecule has 0 aliphatic carbocycles. The number of unbranched alkanes of at least 4 members (excludes halogenated alkanes) is 37. The number of aliphatic carboxylic acids is 1. The molecule has 2 unspecified atom stereocenters. The number of likely N-dealkylation sites (N-methyl/N-ethyl adjacent to an activating group) is 1. The second kappa shape index (κ2) is 58.4. The summed E-state index contributed by atoms with van der Waals surface area (Å²) < 4.78 is 22.7. The Morgan fingerprint density at radius 2 is 0.711 bits per heavy atom. The molecule has 0 amide bonds. The molecule has 444 valence electrons. The van der Waals surface area contributed by atoms with Crippen LogP contribution in [-0.4, -0.2) is 82.3 Å². The fraction of sp³-hybridized carbons (Fsp3) is 0.836.